The number of rotatable bonds is 2. The van der Waals surface area contributed by atoms with Gasteiger partial charge in [0.15, 0.2) is 0 Å². The van der Waals surface area contributed by atoms with E-state index in [2.05, 4.69) is 10.2 Å². The predicted molar refractivity (Wildman–Crippen MR) is 71.2 cm³/mol. The highest BCUT2D eigenvalue weighted by molar-refractivity contribution is 6.30. The molecule has 1 aromatic carbocycles. The summed E-state index contributed by atoms with van der Waals surface area (Å²) in [6.07, 6.45) is 2.52. The Hall–Kier alpha value is -0.640. The zero-order valence-electron chi connectivity index (χ0n) is 10.4. The molecule has 98 valence electrons. The van der Waals surface area contributed by atoms with E-state index in [4.69, 9.17) is 11.6 Å². The van der Waals surface area contributed by atoms with Gasteiger partial charge in [0.05, 0.1) is 0 Å². The van der Waals surface area contributed by atoms with E-state index in [1.54, 1.807) is 6.07 Å². The molecule has 2 fully saturated rings. The molecule has 2 aliphatic rings. The zero-order valence-corrected chi connectivity index (χ0v) is 11.1. The SMILES string of the molecule is Fc1cc(Cl)cc(CN2CCC3(CCNC3)C2)c1. The summed E-state index contributed by atoms with van der Waals surface area (Å²) in [5.74, 6) is -0.242. The van der Waals surface area contributed by atoms with E-state index in [0.29, 0.717) is 10.4 Å². The van der Waals surface area contributed by atoms with Crippen LogP contribution in [0.5, 0.6) is 0 Å². The van der Waals surface area contributed by atoms with Crippen molar-refractivity contribution in [3.05, 3.63) is 34.6 Å². The zero-order chi connectivity index (χ0) is 12.6. The Balaban J connectivity index is 1.67. The van der Waals surface area contributed by atoms with Crippen molar-refractivity contribution >= 4 is 11.6 Å². The van der Waals surface area contributed by atoms with Crippen LogP contribution in [-0.4, -0.2) is 31.1 Å². The van der Waals surface area contributed by atoms with Crippen molar-refractivity contribution in [1.82, 2.24) is 10.2 Å². The molecule has 1 spiro atoms. The topological polar surface area (TPSA) is 15.3 Å². The van der Waals surface area contributed by atoms with Crippen LogP contribution in [0.4, 0.5) is 4.39 Å². The van der Waals surface area contributed by atoms with Crippen molar-refractivity contribution in [1.29, 1.82) is 0 Å². The van der Waals surface area contributed by atoms with Crippen molar-refractivity contribution in [2.75, 3.05) is 26.2 Å². The van der Waals surface area contributed by atoms with Gasteiger partial charge in [0.1, 0.15) is 5.82 Å². The molecule has 2 heterocycles. The average Bonchev–Trinajstić information content (AvgIpc) is 2.89. The molecule has 4 heteroatoms. The lowest BCUT2D eigenvalue weighted by Crippen LogP contribution is -2.28. The quantitative estimate of drug-likeness (QED) is 0.887. The molecule has 0 amide bonds. The summed E-state index contributed by atoms with van der Waals surface area (Å²) in [6, 6.07) is 4.81. The summed E-state index contributed by atoms with van der Waals surface area (Å²) in [4.78, 5) is 2.41. The first-order valence-electron chi connectivity index (χ1n) is 6.53. The summed E-state index contributed by atoms with van der Waals surface area (Å²) in [5, 5.41) is 3.94. The molecule has 0 bridgehead atoms. The maximum Gasteiger partial charge on any atom is 0.125 e. The van der Waals surface area contributed by atoms with Crippen LogP contribution in [0.15, 0.2) is 18.2 Å². The minimum absolute atomic E-state index is 0.242. The Morgan fingerprint density at radius 3 is 2.94 bits per heavy atom. The summed E-state index contributed by atoms with van der Waals surface area (Å²) in [7, 11) is 0. The van der Waals surface area contributed by atoms with Gasteiger partial charge in [-0.25, -0.2) is 4.39 Å². The summed E-state index contributed by atoms with van der Waals surface area (Å²) in [5.41, 5.74) is 1.44. The van der Waals surface area contributed by atoms with Crippen molar-refractivity contribution in [2.45, 2.75) is 19.4 Å². The number of benzene rings is 1. The van der Waals surface area contributed by atoms with Gasteiger partial charge in [0, 0.05) is 24.7 Å². The van der Waals surface area contributed by atoms with Gasteiger partial charge in [0.25, 0.3) is 0 Å². The fraction of sp³-hybridized carbons (Fsp3) is 0.571. The normalized spacial score (nSPS) is 28.3. The molecule has 1 unspecified atom stereocenters. The van der Waals surface area contributed by atoms with Crippen LogP contribution in [0.3, 0.4) is 0 Å². The molecule has 0 radical (unpaired) electrons. The fourth-order valence-corrected chi connectivity index (χ4v) is 3.51. The molecule has 1 atom stereocenters. The standard InChI is InChI=1S/C14H18ClFN2/c15-12-5-11(6-13(16)7-12)8-18-4-2-14(10-18)1-3-17-9-14/h5-7,17H,1-4,8-10H2. The van der Waals surface area contributed by atoms with Crippen molar-refractivity contribution in [3.63, 3.8) is 0 Å². The third-order valence-corrected chi connectivity index (χ3v) is 4.40. The minimum Gasteiger partial charge on any atom is -0.316 e. The van der Waals surface area contributed by atoms with Crippen LogP contribution in [-0.2, 0) is 6.54 Å². The van der Waals surface area contributed by atoms with Gasteiger partial charge >= 0.3 is 0 Å². The van der Waals surface area contributed by atoms with Gasteiger partial charge in [-0.15, -0.1) is 0 Å². The molecule has 0 aromatic heterocycles. The predicted octanol–water partition coefficient (Wildman–Crippen LogP) is 2.66. The van der Waals surface area contributed by atoms with Gasteiger partial charge in [-0.2, -0.15) is 0 Å². The number of likely N-dealkylation sites (tertiary alicyclic amines) is 1. The van der Waals surface area contributed by atoms with E-state index in [-0.39, 0.29) is 5.82 Å². The monoisotopic (exact) mass is 268 g/mol. The molecule has 1 N–H and O–H groups in total. The molecule has 2 saturated heterocycles. The van der Waals surface area contributed by atoms with Crippen LogP contribution in [0.25, 0.3) is 0 Å². The van der Waals surface area contributed by atoms with E-state index in [9.17, 15) is 4.39 Å². The molecule has 3 rings (SSSR count). The molecule has 0 aliphatic carbocycles. The Morgan fingerprint density at radius 2 is 2.22 bits per heavy atom. The summed E-state index contributed by atoms with van der Waals surface area (Å²) in [6.45, 7) is 5.30. The number of nitrogens with one attached hydrogen (secondary N) is 1. The Labute approximate surface area is 112 Å². The first-order chi connectivity index (χ1) is 8.65. The second-order valence-corrected chi connectivity index (χ2v) is 6.10. The van der Waals surface area contributed by atoms with E-state index in [1.807, 2.05) is 6.07 Å². The molecule has 0 saturated carbocycles. The van der Waals surface area contributed by atoms with E-state index in [1.165, 1.54) is 18.9 Å². The minimum atomic E-state index is -0.242. The Bertz CT molecular complexity index is 423. The average molecular weight is 269 g/mol. The Morgan fingerprint density at radius 1 is 1.33 bits per heavy atom. The number of halogens is 2. The largest absolute Gasteiger partial charge is 0.316 e. The van der Waals surface area contributed by atoms with E-state index in [0.717, 1.165) is 38.3 Å². The highest BCUT2D eigenvalue weighted by atomic mass is 35.5. The molecular weight excluding hydrogens is 251 g/mol. The van der Waals surface area contributed by atoms with Crippen LogP contribution < -0.4 is 5.32 Å². The van der Waals surface area contributed by atoms with Crippen LogP contribution >= 0.6 is 11.6 Å². The molecule has 2 nitrogen and oxygen atoms in total. The number of hydrogen-bond donors (Lipinski definition) is 1. The van der Waals surface area contributed by atoms with Crippen LogP contribution in [0.2, 0.25) is 5.02 Å². The molecule has 1 aromatic rings. The molecule has 18 heavy (non-hydrogen) atoms. The summed E-state index contributed by atoms with van der Waals surface area (Å²) < 4.78 is 13.3. The fourth-order valence-electron chi connectivity index (χ4n) is 3.27. The van der Waals surface area contributed by atoms with Crippen molar-refractivity contribution < 1.29 is 4.39 Å². The van der Waals surface area contributed by atoms with Gasteiger partial charge in [-0.3, -0.25) is 4.90 Å². The van der Waals surface area contributed by atoms with Crippen molar-refractivity contribution in [2.24, 2.45) is 5.41 Å². The second kappa shape index (κ2) is 4.80. The van der Waals surface area contributed by atoms with Gasteiger partial charge < -0.3 is 5.32 Å². The summed E-state index contributed by atoms with van der Waals surface area (Å²) >= 11 is 5.89. The van der Waals surface area contributed by atoms with Gasteiger partial charge in [-0.1, -0.05) is 11.6 Å². The highest BCUT2D eigenvalue weighted by Gasteiger charge is 2.39. The lowest BCUT2D eigenvalue weighted by molar-refractivity contribution is 0.268. The lowest BCUT2D eigenvalue weighted by atomic mass is 9.86. The first kappa shape index (κ1) is 12.4. The lowest BCUT2D eigenvalue weighted by Gasteiger charge is -2.22. The highest BCUT2D eigenvalue weighted by Crippen LogP contribution is 2.36. The second-order valence-electron chi connectivity index (χ2n) is 5.67. The third kappa shape index (κ3) is 2.53. The van der Waals surface area contributed by atoms with Gasteiger partial charge in [0.2, 0.25) is 0 Å². The maximum absolute atomic E-state index is 13.3. The first-order valence-corrected chi connectivity index (χ1v) is 6.91. The molecule has 2 aliphatic heterocycles. The Kier molecular flexibility index (Phi) is 3.31. The van der Waals surface area contributed by atoms with Crippen molar-refractivity contribution in [3.8, 4) is 0 Å². The van der Waals surface area contributed by atoms with E-state index < -0.39 is 0 Å². The van der Waals surface area contributed by atoms with E-state index >= 15 is 0 Å². The maximum atomic E-state index is 13.3. The third-order valence-electron chi connectivity index (χ3n) is 4.18. The smallest absolute Gasteiger partial charge is 0.125 e. The van der Waals surface area contributed by atoms with Crippen LogP contribution in [0, 0.1) is 11.2 Å². The van der Waals surface area contributed by atoms with Gasteiger partial charge in [-0.05, 0) is 55.1 Å². The van der Waals surface area contributed by atoms with Crippen LogP contribution in [0.1, 0.15) is 18.4 Å². The number of nitrogens with zero attached hydrogens (tertiary/aromatic N) is 1. The number of hydrogen-bond acceptors (Lipinski definition) is 2. The molecular formula is C14H18ClFN2.